The van der Waals surface area contributed by atoms with Crippen molar-refractivity contribution >= 4 is 11.9 Å². The third-order valence-electron chi connectivity index (χ3n) is 4.64. The summed E-state index contributed by atoms with van der Waals surface area (Å²) in [5, 5.41) is 19.0. The summed E-state index contributed by atoms with van der Waals surface area (Å²) in [6, 6.07) is 16.5. The Morgan fingerprint density at radius 3 is 2.45 bits per heavy atom. The summed E-state index contributed by atoms with van der Waals surface area (Å²) in [5.74, 6) is 0.299. The Morgan fingerprint density at radius 2 is 1.83 bits per heavy atom. The number of aliphatic carboxylic acids is 1. The van der Waals surface area contributed by atoms with Crippen molar-refractivity contribution in [1.82, 2.24) is 20.5 Å². The van der Waals surface area contributed by atoms with Gasteiger partial charge in [-0.15, -0.1) is 0 Å². The van der Waals surface area contributed by atoms with Crippen LogP contribution in [0.1, 0.15) is 41.5 Å². The van der Waals surface area contributed by atoms with Crippen LogP contribution in [0.15, 0.2) is 54.6 Å². The number of carboxylic acid groups (broad SMARTS) is 1. The summed E-state index contributed by atoms with van der Waals surface area (Å²) >= 11 is 0. The van der Waals surface area contributed by atoms with Crippen molar-refractivity contribution in [3.63, 3.8) is 0 Å². The molecule has 1 unspecified atom stereocenters. The number of H-pyrrole nitrogens is 1. The van der Waals surface area contributed by atoms with Gasteiger partial charge in [-0.2, -0.15) is 5.10 Å². The molecule has 1 amide bonds. The first-order valence-electron chi connectivity index (χ1n) is 9.63. The number of aromatic nitrogens is 3. The molecule has 1 heterocycles. The van der Waals surface area contributed by atoms with Gasteiger partial charge in [0.2, 0.25) is 0 Å². The molecular weight excluding hydrogens is 368 g/mol. The van der Waals surface area contributed by atoms with Gasteiger partial charge in [-0.3, -0.25) is 14.7 Å². The average molecular weight is 392 g/mol. The van der Waals surface area contributed by atoms with E-state index in [9.17, 15) is 9.59 Å². The van der Waals surface area contributed by atoms with Gasteiger partial charge in [0.1, 0.15) is 5.82 Å². The molecule has 0 bridgehead atoms. The van der Waals surface area contributed by atoms with Crippen LogP contribution in [0.2, 0.25) is 0 Å². The molecule has 7 nitrogen and oxygen atoms in total. The van der Waals surface area contributed by atoms with Gasteiger partial charge in [0.15, 0.2) is 5.82 Å². The fourth-order valence-corrected chi connectivity index (χ4v) is 3.04. The molecule has 0 aliphatic heterocycles. The summed E-state index contributed by atoms with van der Waals surface area (Å²) < 4.78 is 0. The van der Waals surface area contributed by atoms with E-state index in [1.54, 1.807) is 24.3 Å². The molecule has 3 N–H and O–H groups in total. The number of carboxylic acids is 1. The lowest BCUT2D eigenvalue weighted by Crippen LogP contribution is -2.36. The Labute approximate surface area is 169 Å². The van der Waals surface area contributed by atoms with Crippen LogP contribution in [-0.4, -0.2) is 38.2 Å². The molecular formula is C22H24N4O3. The molecule has 2 aromatic carbocycles. The fraction of sp³-hybridized carbons (Fsp3) is 0.273. The number of amides is 1. The van der Waals surface area contributed by atoms with E-state index in [4.69, 9.17) is 5.11 Å². The Hall–Kier alpha value is -3.48. The van der Waals surface area contributed by atoms with Crippen molar-refractivity contribution in [3.8, 4) is 11.4 Å². The molecule has 150 valence electrons. The quantitative estimate of drug-likeness (QED) is 0.518. The van der Waals surface area contributed by atoms with Gasteiger partial charge >= 0.3 is 5.97 Å². The van der Waals surface area contributed by atoms with Gasteiger partial charge in [-0.05, 0) is 30.5 Å². The van der Waals surface area contributed by atoms with E-state index >= 15 is 0 Å². The lowest BCUT2D eigenvalue weighted by molar-refractivity contribution is -0.137. The highest BCUT2D eigenvalue weighted by molar-refractivity contribution is 5.94. The Kier molecular flexibility index (Phi) is 6.73. The third kappa shape index (κ3) is 5.75. The smallest absolute Gasteiger partial charge is 0.303 e. The predicted molar refractivity (Wildman–Crippen MR) is 109 cm³/mol. The molecule has 0 spiro atoms. The third-order valence-corrected chi connectivity index (χ3v) is 4.64. The molecule has 0 radical (unpaired) electrons. The molecule has 1 atom stereocenters. The first-order valence-corrected chi connectivity index (χ1v) is 9.63. The molecule has 1 aromatic heterocycles. The van der Waals surface area contributed by atoms with Gasteiger partial charge in [0, 0.05) is 30.0 Å². The van der Waals surface area contributed by atoms with Crippen LogP contribution in [-0.2, 0) is 17.6 Å². The topological polar surface area (TPSA) is 108 Å². The minimum atomic E-state index is -0.875. The number of carbonyl (C=O) groups is 2. The zero-order chi connectivity index (χ0) is 20.6. The highest BCUT2D eigenvalue weighted by Crippen LogP contribution is 2.16. The minimum Gasteiger partial charge on any atom is -0.481 e. The lowest BCUT2D eigenvalue weighted by Gasteiger charge is -2.18. The summed E-state index contributed by atoms with van der Waals surface area (Å²) in [5.41, 5.74) is 2.38. The van der Waals surface area contributed by atoms with E-state index in [1.165, 1.54) is 0 Å². The van der Waals surface area contributed by atoms with Crippen molar-refractivity contribution in [1.29, 1.82) is 0 Å². The summed E-state index contributed by atoms with van der Waals surface area (Å²) in [6.07, 6.45) is 1.72. The predicted octanol–water partition coefficient (Wildman–Crippen LogP) is 3.24. The van der Waals surface area contributed by atoms with E-state index in [-0.39, 0.29) is 18.4 Å². The number of carbonyl (C=O) groups excluding carboxylic acids is 1. The highest BCUT2D eigenvalue weighted by atomic mass is 16.4. The second-order valence-corrected chi connectivity index (χ2v) is 6.83. The van der Waals surface area contributed by atoms with E-state index < -0.39 is 5.97 Å². The van der Waals surface area contributed by atoms with Crippen molar-refractivity contribution in [2.75, 3.05) is 0 Å². The number of aryl methyl sites for hydroxylation is 1. The van der Waals surface area contributed by atoms with E-state index in [0.717, 1.165) is 23.4 Å². The van der Waals surface area contributed by atoms with E-state index in [1.807, 2.05) is 37.3 Å². The average Bonchev–Trinajstić information content (AvgIpc) is 3.22. The molecule has 0 aliphatic rings. The number of benzene rings is 2. The van der Waals surface area contributed by atoms with Gasteiger partial charge in [0.05, 0.1) is 0 Å². The first kappa shape index (κ1) is 20.3. The summed E-state index contributed by atoms with van der Waals surface area (Å²) in [4.78, 5) is 28.1. The number of nitrogens with zero attached hydrogens (tertiary/aromatic N) is 2. The molecule has 3 aromatic rings. The number of rotatable bonds is 9. The van der Waals surface area contributed by atoms with Crippen LogP contribution in [0.25, 0.3) is 11.4 Å². The van der Waals surface area contributed by atoms with Gasteiger partial charge < -0.3 is 10.4 Å². The Bertz CT molecular complexity index is 952. The zero-order valence-electron chi connectivity index (χ0n) is 16.3. The van der Waals surface area contributed by atoms with Gasteiger partial charge in [-0.1, -0.05) is 49.4 Å². The summed E-state index contributed by atoms with van der Waals surface area (Å²) in [7, 11) is 0. The number of nitrogens with one attached hydrogen (secondary N) is 2. The number of hydrogen-bond donors (Lipinski definition) is 3. The molecule has 3 rings (SSSR count). The lowest BCUT2D eigenvalue weighted by atomic mass is 10.0. The fourth-order valence-electron chi connectivity index (χ4n) is 3.04. The number of hydrogen-bond acceptors (Lipinski definition) is 4. The van der Waals surface area contributed by atoms with Gasteiger partial charge in [-0.25, -0.2) is 4.98 Å². The van der Waals surface area contributed by atoms with Crippen molar-refractivity contribution in [3.05, 3.63) is 71.5 Å². The Morgan fingerprint density at radius 1 is 1.10 bits per heavy atom. The van der Waals surface area contributed by atoms with E-state index in [2.05, 4.69) is 20.5 Å². The maximum atomic E-state index is 12.7. The maximum Gasteiger partial charge on any atom is 0.303 e. The normalized spacial score (nSPS) is 11.8. The van der Waals surface area contributed by atoms with Crippen LogP contribution < -0.4 is 5.32 Å². The molecule has 7 heteroatoms. The van der Waals surface area contributed by atoms with Crippen LogP contribution in [0.4, 0.5) is 0 Å². The monoisotopic (exact) mass is 392 g/mol. The number of aromatic amines is 1. The molecule has 0 saturated carbocycles. The van der Waals surface area contributed by atoms with Crippen LogP contribution >= 0.6 is 0 Å². The van der Waals surface area contributed by atoms with Crippen molar-refractivity contribution < 1.29 is 14.7 Å². The standard InChI is InChI=1S/C22H24N4O3/c1-2-19-24-21(26-25-19)16-8-10-17(11-9-16)22(29)23-18(12-13-20(27)28)14-15-6-4-3-5-7-15/h3-11,18H,2,12-14H2,1H3,(H,23,29)(H,27,28)(H,24,25,26). The minimum absolute atomic E-state index is 0.00130. The first-order chi connectivity index (χ1) is 14.0. The van der Waals surface area contributed by atoms with Crippen LogP contribution in [0.5, 0.6) is 0 Å². The molecule has 0 fully saturated rings. The van der Waals surface area contributed by atoms with Crippen molar-refractivity contribution in [2.24, 2.45) is 0 Å². The van der Waals surface area contributed by atoms with Crippen LogP contribution in [0.3, 0.4) is 0 Å². The SMILES string of the molecule is CCc1nc(-c2ccc(C(=O)NC(CCC(=O)O)Cc3ccccc3)cc2)n[nH]1. The second-order valence-electron chi connectivity index (χ2n) is 6.83. The molecule has 0 saturated heterocycles. The molecule has 29 heavy (non-hydrogen) atoms. The second kappa shape index (κ2) is 9.64. The maximum absolute atomic E-state index is 12.7. The van der Waals surface area contributed by atoms with Gasteiger partial charge in [0.25, 0.3) is 5.91 Å². The van der Waals surface area contributed by atoms with Crippen molar-refractivity contribution in [2.45, 2.75) is 38.6 Å². The zero-order valence-corrected chi connectivity index (χ0v) is 16.3. The highest BCUT2D eigenvalue weighted by Gasteiger charge is 2.16. The van der Waals surface area contributed by atoms with Crippen LogP contribution in [0, 0.1) is 0 Å². The molecule has 0 aliphatic carbocycles. The Balaban J connectivity index is 1.68. The largest absolute Gasteiger partial charge is 0.481 e. The summed E-state index contributed by atoms with van der Waals surface area (Å²) in [6.45, 7) is 1.99. The van der Waals surface area contributed by atoms with E-state index in [0.29, 0.717) is 24.2 Å².